The minimum atomic E-state index is -1.31. The lowest BCUT2D eigenvalue weighted by Gasteiger charge is -2.45. The van der Waals surface area contributed by atoms with Crippen LogP contribution in [0.4, 0.5) is 0 Å². The van der Waals surface area contributed by atoms with Crippen LogP contribution in [0.5, 0.6) is 0 Å². The largest absolute Gasteiger partial charge is 0.389 e. The predicted octanol–water partition coefficient (Wildman–Crippen LogP) is -5.12. The topological polar surface area (TPSA) is 203 Å². The molecule has 6 unspecified atom stereocenters. The first kappa shape index (κ1) is 17.9. The van der Waals surface area contributed by atoms with Gasteiger partial charge >= 0.3 is 0 Å². The third-order valence-electron chi connectivity index (χ3n) is 4.36. The summed E-state index contributed by atoms with van der Waals surface area (Å²) in [5.41, 5.74) is 22.8. The molecule has 22 heavy (non-hydrogen) atoms. The van der Waals surface area contributed by atoms with Gasteiger partial charge in [0.1, 0.15) is 30.5 Å². The Labute approximate surface area is 128 Å². The van der Waals surface area contributed by atoms with Crippen molar-refractivity contribution in [2.45, 2.75) is 67.5 Å². The minimum Gasteiger partial charge on any atom is -0.389 e. The third kappa shape index (κ3) is 3.26. The average molecular weight is 322 g/mol. The van der Waals surface area contributed by atoms with Crippen molar-refractivity contribution in [2.24, 2.45) is 22.9 Å². The fraction of sp³-hybridized carbons (Fsp3) is 1.00. The summed E-state index contributed by atoms with van der Waals surface area (Å²) in [5.74, 6) is 0. The van der Waals surface area contributed by atoms with Gasteiger partial charge in [0, 0.05) is 18.6 Å². The normalized spacial score (nSPS) is 53.5. The van der Waals surface area contributed by atoms with Gasteiger partial charge in [0.2, 0.25) is 0 Å². The first-order valence-corrected chi connectivity index (χ1v) is 7.28. The SMILES string of the molecule is NCC1OC(OC2C(N)CC(N)[C@@H](O)[C@@H]2O)C(N)[C@H](O)[C@@H]1O. The van der Waals surface area contributed by atoms with E-state index in [0.29, 0.717) is 0 Å². The molecule has 0 aromatic heterocycles. The zero-order chi connectivity index (χ0) is 16.6. The number of rotatable bonds is 3. The molecule has 2 rings (SSSR count). The molecular formula is C12H26N4O6. The fourth-order valence-corrected chi connectivity index (χ4v) is 2.89. The molecule has 1 saturated carbocycles. The molecule has 10 nitrogen and oxygen atoms in total. The Bertz CT molecular complexity index is 376. The Morgan fingerprint density at radius 2 is 1.55 bits per heavy atom. The smallest absolute Gasteiger partial charge is 0.176 e. The van der Waals surface area contributed by atoms with E-state index >= 15 is 0 Å². The van der Waals surface area contributed by atoms with E-state index in [1.165, 1.54) is 0 Å². The molecule has 0 bridgehead atoms. The maximum absolute atomic E-state index is 10.1. The van der Waals surface area contributed by atoms with E-state index in [-0.39, 0.29) is 13.0 Å². The van der Waals surface area contributed by atoms with Crippen LogP contribution in [0.25, 0.3) is 0 Å². The van der Waals surface area contributed by atoms with Crippen LogP contribution >= 0.6 is 0 Å². The van der Waals surface area contributed by atoms with E-state index in [9.17, 15) is 20.4 Å². The van der Waals surface area contributed by atoms with E-state index < -0.39 is 61.0 Å². The highest BCUT2D eigenvalue weighted by Crippen LogP contribution is 2.26. The van der Waals surface area contributed by atoms with Crippen LogP contribution in [0.2, 0.25) is 0 Å². The van der Waals surface area contributed by atoms with Crippen LogP contribution in [0, 0.1) is 0 Å². The summed E-state index contributed by atoms with van der Waals surface area (Å²) in [6, 6.07) is -2.34. The maximum Gasteiger partial charge on any atom is 0.176 e. The van der Waals surface area contributed by atoms with Gasteiger partial charge in [-0.05, 0) is 6.42 Å². The Morgan fingerprint density at radius 3 is 2.14 bits per heavy atom. The van der Waals surface area contributed by atoms with Crippen molar-refractivity contribution < 1.29 is 29.9 Å². The Kier molecular flexibility index (Phi) is 5.72. The number of ether oxygens (including phenoxy) is 2. The second-order valence-corrected chi connectivity index (χ2v) is 5.98. The van der Waals surface area contributed by atoms with Crippen LogP contribution < -0.4 is 22.9 Å². The van der Waals surface area contributed by atoms with Crippen molar-refractivity contribution >= 4 is 0 Å². The first-order chi connectivity index (χ1) is 10.3. The quantitative estimate of drug-likeness (QED) is 0.248. The number of nitrogens with two attached hydrogens (primary N) is 4. The summed E-state index contributed by atoms with van der Waals surface area (Å²) in [7, 11) is 0. The summed E-state index contributed by atoms with van der Waals surface area (Å²) in [6.07, 6.45) is -7.73. The highest BCUT2D eigenvalue weighted by atomic mass is 16.7. The molecular weight excluding hydrogens is 296 g/mol. The summed E-state index contributed by atoms with van der Waals surface area (Å²) in [4.78, 5) is 0. The maximum atomic E-state index is 10.1. The van der Waals surface area contributed by atoms with Crippen LogP contribution in [0.15, 0.2) is 0 Å². The van der Waals surface area contributed by atoms with Crippen LogP contribution in [0.1, 0.15) is 6.42 Å². The molecule has 1 heterocycles. The molecule has 10 heteroatoms. The van der Waals surface area contributed by atoms with Crippen molar-refractivity contribution in [1.82, 2.24) is 0 Å². The standard InChI is InChI=1S/C12H26N4O6/c13-2-5-8(18)9(19)6(16)12(21-5)22-11-4(15)1-3(14)7(17)10(11)20/h3-12,17-20H,1-2,13-16H2/t3?,4?,5?,6?,7-,8-,9+,10+,11?,12?/m1/s1. The molecule has 2 fully saturated rings. The van der Waals surface area contributed by atoms with E-state index in [0.717, 1.165) is 0 Å². The van der Waals surface area contributed by atoms with E-state index in [4.69, 9.17) is 32.4 Å². The lowest BCUT2D eigenvalue weighted by atomic mass is 9.84. The van der Waals surface area contributed by atoms with E-state index in [1.54, 1.807) is 0 Å². The highest BCUT2D eigenvalue weighted by molar-refractivity contribution is 4.99. The van der Waals surface area contributed by atoms with Crippen molar-refractivity contribution in [1.29, 1.82) is 0 Å². The lowest BCUT2D eigenvalue weighted by molar-refractivity contribution is -0.287. The molecule has 0 aromatic rings. The van der Waals surface area contributed by atoms with Crippen molar-refractivity contribution in [3.05, 3.63) is 0 Å². The number of hydrogen-bond acceptors (Lipinski definition) is 10. The number of aliphatic hydroxyl groups is 4. The summed E-state index contributed by atoms with van der Waals surface area (Å²) in [6.45, 7) is -0.0441. The molecule has 1 aliphatic heterocycles. The number of aliphatic hydroxyl groups excluding tert-OH is 4. The van der Waals surface area contributed by atoms with Crippen LogP contribution in [-0.2, 0) is 9.47 Å². The lowest BCUT2D eigenvalue weighted by Crippen LogP contribution is -2.67. The Balaban J connectivity index is 2.08. The molecule has 1 aliphatic carbocycles. The summed E-state index contributed by atoms with van der Waals surface area (Å²) in [5, 5.41) is 39.6. The van der Waals surface area contributed by atoms with Gasteiger partial charge in [-0.1, -0.05) is 0 Å². The molecule has 12 N–H and O–H groups in total. The molecule has 2 aliphatic rings. The monoisotopic (exact) mass is 322 g/mol. The van der Waals surface area contributed by atoms with Gasteiger partial charge in [0.05, 0.1) is 12.1 Å². The molecule has 0 spiro atoms. The van der Waals surface area contributed by atoms with Gasteiger partial charge in [0.15, 0.2) is 6.29 Å². The van der Waals surface area contributed by atoms with Gasteiger partial charge in [-0.3, -0.25) is 0 Å². The summed E-state index contributed by atoms with van der Waals surface area (Å²) < 4.78 is 11.0. The van der Waals surface area contributed by atoms with Gasteiger partial charge in [0.25, 0.3) is 0 Å². The van der Waals surface area contributed by atoms with E-state index in [1.807, 2.05) is 0 Å². The second kappa shape index (κ2) is 7.01. The molecule has 0 amide bonds. The van der Waals surface area contributed by atoms with Crippen molar-refractivity contribution in [3.63, 3.8) is 0 Å². The zero-order valence-electron chi connectivity index (χ0n) is 12.1. The van der Waals surface area contributed by atoms with Crippen LogP contribution in [0.3, 0.4) is 0 Å². The molecule has 130 valence electrons. The van der Waals surface area contributed by atoms with Gasteiger partial charge < -0.3 is 52.8 Å². The fourth-order valence-electron chi connectivity index (χ4n) is 2.89. The summed E-state index contributed by atoms with van der Waals surface area (Å²) >= 11 is 0. The van der Waals surface area contributed by atoms with Crippen LogP contribution in [-0.4, -0.2) is 88.0 Å². The predicted molar refractivity (Wildman–Crippen MR) is 75.2 cm³/mol. The molecule has 10 atom stereocenters. The Morgan fingerprint density at radius 1 is 0.909 bits per heavy atom. The minimum absolute atomic E-state index is 0.0441. The zero-order valence-corrected chi connectivity index (χ0v) is 12.1. The van der Waals surface area contributed by atoms with E-state index in [2.05, 4.69) is 0 Å². The van der Waals surface area contributed by atoms with Crippen molar-refractivity contribution in [2.75, 3.05) is 6.54 Å². The first-order valence-electron chi connectivity index (χ1n) is 7.28. The van der Waals surface area contributed by atoms with Gasteiger partial charge in [-0.15, -0.1) is 0 Å². The molecule has 0 aromatic carbocycles. The average Bonchev–Trinajstić information content (AvgIpc) is 2.49. The van der Waals surface area contributed by atoms with Gasteiger partial charge in [-0.2, -0.15) is 0 Å². The molecule has 0 radical (unpaired) electrons. The third-order valence-corrected chi connectivity index (χ3v) is 4.36. The highest BCUT2D eigenvalue weighted by Gasteiger charge is 2.47. The Hall–Kier alpha value is -0.400. The number of hydrogen-bond donors (Lipinski definition) is 8. The van der Waals surface area contributed by atoms with Gasteiger partial charge in [-0.25, -0.2) is 0 Å². The second-order valence-electron chi connectivity index (χ2n) is 5.98. The van der Waals surface area contributed by atoms with Crippen molar-refractivity contribution in [3.8, 4) is 0 Å². The molecule has 1 saturated heterocycles.